The molecule has 7 nitrogen and oxygen atoms in total. The van der Waals surface area contributed by atoms with Crippen LogP contribution in [0.2, 0.25) is 0 Å². The Hall–Kier alpha value is 0.890. The van der Waals surface area contributed by atoms with Crippen molar-refractivity contribution in [2.45, 2.75) is 23.4 Å². The van der Waals surface area contributed by atoms with Crippen LogP contribution in [-0.4, -0.2) is 49.6 Å². The van der Waals surface area contributed by atoms with E-state index in [-0.39, 0.29) is 13.2 Å². The number of alkyl halides is 3. The van der Waals surface area contributed by atoms with Crippen LogP contribution in [0.25, 0.3) is 0 Å². The molecule has 20 heavy (non-hydrogen) atoms. The summed E-state index contributed by atoms with van der Waals surface area (Å²) in [5.41, 5.74) is 0. The summed E-state index contributed by atoms with van der Waals surface area (Å²) in [6.07, 6.45) is 0. The van der Waals surface area contributed by atoms with Gasteiger partial charge in [-0.05, 0) is 13.8 Å². The molecule has 122 valence electrons. The zero-order valence-electron chi connectivity index (χ0n) is 11.5. The van der Waals surface area contributed by atoms with Crippen molar-refractivity contribution in [1.82, 2.24) is 9.03 Å². The van der Waals surface area contributed by atoms with E-state index in [1.54, 1.807) is 13.8 Å². The third-order valence-electron chi connectivity index (χ3n) is 1.99. The van der Waals surface area contributed by atoms with Crippen molar-refractivity contribution in [2.75, 3.05) is 27.3 Å². The van der Waals surface area contributed by atoms with Gasteiger partial charge in [0.25, 0.3) is 10.2 Å². The zero-order chi connectivity index (χ0) is 16.2. The molecule has 0 unspecified atom stereocenters. The number of halogens is 3. The molecule has 0 bridgehead atoms. The van der Waals surface area contributed by atoms with Gasteiger partial charge in [0.05, 0.1) is 13.2 Å². The van der Waals surface area contributed by atoms with Crippen molar-refractivity contribution in [2.24, 2.45) is 0 Å². The van der Waals surface area contributed by atoms with Crippen LogP contribution in [0.3, 0.4) is 0 Å². The van der Waals surface area contributed by atoms with E-state index in [0.29, 0.717) is 0 Å². The fourth-order valence-corrected chi connectivity index (χ4v) is 5.57. The highest BCUT2D eigenvalue weighted by Crippen LogP contribution is 2.59. The Morgan fingerprint density at radius 3 is 1.85 bits per heavy atom. The third-order valence-corrected chi connectivity index (χ3v) is 7.15. The summed E-state index contributed by atoms with van der Waals surface area (Å²) in [5.74, 6) is -1.67. The largest absolute Gasteiger partial charge is 0.352 e. The molecule has 0 fully saturated rings. The molecule has 0 saturated carbocycles. The summed E-state index contributed by atoms with van der Waals surface area (Å²) in [6, 6.07) is 0. The summed E-state index contributed by atoms with van der Waals surface area (Å²) < 4.78 is 47.0. The molecule has 1 N–H and O–H groups in total. The molecule has 0 heterocycles. The molecule has 12 heteroatoms. The fraction of sp³-hybridized carbons (Fsp3) is 1.00. The van der Waals surface area contributed by atoms with Gasteiger partial charge >= 0.3 is 7.60 Å². The van der Waals surface area contributed by atoms with Crippen LogP contribution in [0.5, 0.6) is 0 Å². The lowest BCUT2D eigenvalue weighted by atomic mass is 10.8. The van der Waals surface area contributed by atoms with Crippen molar-refractivity contribution < 1.29 is 22.0 Å². The van der Waals surface area contributed by atoms with Crippen LogP contribution in [0.4, 0.5) is 0 Å². The van der Waals surface area contributed by atoms with Gasteiger partial charge < -0.3 is 9.05 Å². The monoisotopic (exact) mass is 390 g/mol. The van der Waals surface area contributed by atoms with Crippen LogP contribution in [0.15, 0.2) is 0 Å². The highest BCUT2D eigenvalue weighted by molar-refractivity contribution is 7.87. The van der Waals surface area contributed by atoms with E-state index in [2.05, 4.69) is 0 Å². The molecule has 0 aromatic carbocycles. The van der Waals surface area contributed by atoms with E-state index in [1.165, 1.54) is 14.1 Å². The maximum absolute atomic E-state index is 12.6. The maximum atomic E-state index is 12.6. The Morgan fingerprint density at radius 2 is 1.60 bits per heavy atom. The minimum absolute atomic E-state index is 0.00177. The van der Waals surface area contributed by atoms with Crippen LogP contribution in [0.1, 0.15) is 13.8 Å². The van der Waals surface area contributed by atoms with Crippen LogP contribution < -0.4 is 4.72 Å². The second-order valence-corrected chi connectivity index (χ2v) is 10.1. The second-order valence-electron chi connectivity index (χ2n) is 3.72. The first-order chi connectivity index (χ1) is 8.90. The first kappa shape index (κ1) is 20.9. The molecule has 0 saturated heterocycles. The Morgan fingerprint density at radius 1 is 1.20 bits per heavy atom. The van der Waals surface area contributed by atoms with Crippen LogP contribution >= 0.6 is 42.4 Å². The van der Waals surface area contributed by atoms with Crippen LogP contribution in [-0.2, 0) is 23.8 Å². The lowest BCUT2D eigenvalue weighted by Crippen LogP contribution is -2.48. The normalized spacial score (nSPS) is 15.6. The predicted molar refractivity (Wildman–Crippen MR) is 80.7 cm³/mol. The lowest BCUT2D eigenvalue weighted by Gasteiger charge is -2.31. The van der Waals surface area contributed by atoms with E-state index in [4.69, 9.17) is 43.9 Å². The first-order valence-electron chi connectivity index (χ1n) is 5.56. The predicted octanol–water partition coefficient (Wildman–Crippen LogP) is 2.34. The molecule has 0 aliphatic rings. The topological polar surface area (TPSA) is 84.9 Å². The van der Waals surface area contributed by atoms with Gasteiger partial charge in [-0.15, -0.1) is 0 Å². The second kappa shape index (κ2) is 7.94. The van der Waals surface area contributed by atoms with Gasteiger partial charge in [-0.3, -0.25) is 4.57 Å². The van der Waals surface area contributed by atoms with Gasteiger partial charge in [-0.1, -0.05) is 34.8 Å². The summed E-state index contributed by atoms with van der Waals surface area (Å²) in [5, 5.41) is 0. The molecule has 0 aromatic rings. The quantitative estimate of drug-likeness (QED) is 0.507. The summed E-state index contributed by atoms with van der Waals surface area (Å²) in [4.78, 5) is 0. The molecule has 0 spiro atoms. The molecule has 0 rings (SSSR count). The van der Waals surface area contributed by atoms with Crippen molar-refractivity contribution in [3.05, 3.63) is 0 Å². The summed E-state index contributed by atoms with van der Waals surface area (Å²) >= 11 is 17.2. The van der Waals surface area contributed by atoms with Gasteiger partial charge in [-0.2, -0.15) is 17.4 Å². The lowest BCUT2D eigenvalue weighted by molar-refractivity contribution is 0.210. The molecule has 1 atom stereocenters. The van der Waals surface area contributed by atoms with Crippen molar-refractivity contribution >= 4 is 52.6 Å². The Labute approximate surface area is 134 Å². The fourth-order valence-electron chi connectivity index (χ4n) is 1.10. The minimum atomic E-state index is -4.00. The minimum Gasteiger partial charge on any atom is -0.308 e. The van der Waals surface area contributed by atoms with E-state index < -0.39 is 27.4 Å². The molecule has 0 aromatic heterocycles. The first-order valence-corrected chi connectivity index (χ1v) is 9.74. The van der Waals surface area contributed by atoms with E-state index >= 15 is 0 Å². The Kier molecular flexibility index (Phi) is 8.30. The molecule has 0 aliphatic carbocycles. The summed E-state index contributed by atoms with van der Waals surface area (Å²) in [7, 11) is -5.47. The van der Waals surface area contributed by atoms with Gasteiger partial charge in [0.15, 0.2) is 5.78 Å². The van der Waals surface area contributed by atoms with E-state index in [9.17, 15) is 13.0 Å². The van der Waals surface area contributed by atoms with Gasteiger partial charge in [0.2, 0.25) is 3.79 Å². The summed E-state index contributed by atoms with van der Waals surface area (Å²) in [6.45, 7) is 3.11. The standard InChI is InChI=1S/C8H18Cl3N2O5PS/c1-5-17-19(14,18-6-2)7(8(9,10)11)12-20(15,16)13(3)4/h7,12H,5-6H2,1-4H3/t7-/m0/s1. The Balaban J connectivity index is 5.62. The van der Waals surface area contributed by atoms with Crippen molar-refractivity contribution in [3.63, 3.8) is 0 Å². The smallest absolute Gasteiger partial charge is 0.308 e. The number of rotatable bonds is 8. The highest BCUT2D eigenvalue weighted by Gasteiger charge is 2.51. The molecule has 0 amide bonds. The number of nitrogens with zero attached hydrogens (tertiary/aromatic N) is 1. The van der Waals surface area contributed by atoms with E-state index in [1.807, 2.05) is 4.72 Å². The average molecular weight is 392 g/mol. The van der Waals surface area contributed by atoms with Crippen LogP contribution in [0, 0.1) is 0 Å². The molecular weight excluding hydrogens is 373 g/mol. The van der Waals surface area contributed by atoms with Gasteiger partial charge in [-0.25, -0.2) is 0 Å². The van der Waals surface area contributed by atoms with Crippen molar-refractivity contribution in [1.29, 1.82) is 0 Å². The number of hydrogen-bond donors (Lipinski definition) is 1. The van der Waals surface area contributed by atoms with E-state index in [0.717, 1.165) is 4.31 Å². The highest BCUT2D eigenvalue weighted by atomic mass is 35.6. The van der Waals surface area contributed by atoms with Crippen molar-refractivity contribution in [3.8, 4) is 0 Å². The maximum Gasteiger partial charge on any atom is 0.352 e. The van der Waals surface area contributed by atoms with Gasteiger partial charge in [0, 0.05) is 14.1 Å². The molecular formula is C8H18Cl3N2O5PS. The molecule has 0 radical (unpaired) electrons. The average Bonchev–Trinajstić information content (AvgIpc) is 2.24. The number of hydrogen-bond acceptors (Lipinski definition) is 5. The number of nitrogens with one attached hydrogen (secondary N) is 1. The Bertz CT molecular complexity index is 444. The zero-order valence-corrected chi connectivity index (χ0v) is 15.4. The van der Waals surface area contributed by atoms with Gasteiger partial charge in [0.1, 0.15) is 0 Å². The molecule has 0 aliphatic heterocycles. The SMILES string of the molecule is CCOP(=O)(OCC)[C@H](NS(=O)(=O)N(C)C)C(Cl)(Cl)Cl. The third kappa shape index (κ3) is 5.94.